The van der Waals surface area contributed by atoms with Gasteiger partial charge < -0.3 is 29.9 Å². The minimum atomic E-state index is -1.72. The molecule has 6 unspecified atom stereocenters. The molecule has 1 aromatic rings. The van der Waals surface area contributed by atoms with Gasteiger partial charge in [-0.05, 0) is 12.0 Å². The van der Waals surface area contributed by atoms with E-state index in [1.165, 1.54) is 0 Å². The van der Waals surface area contributed by atoms with Gasteiger partial charge in [-0.1, -0.05) is 43.7 Å². The molecule has 0 aromatic heterocycles. The first-order chi connectivity index (χ1) is 11.0. The summed E-state index contributed by atoms with van der Waals surface area (Å²) in [5.74, 6) is -1.43. The number of benzene rings is 1. The van der Waals surface area contributed by atoms with Crippen LogP contribution in [-0.4, -0.2) is 57.1 Å². The van der Waals surface area contributed by atoms with Gasteiger partial charge >= 0.3 is 5.97 Å². The number of carboxylic acid groups (broad SMARTS) is 1. The molecule has 23 heavy (non-hydrogen) atoms. The zero-order chi connectivity index (χ0) is 17.0. The zero-order valence-corrected chi connectivity index (χ0v) is 12.8. The molecule has 7 heteroatoms. The van der Waals surface area contributed by atoms with Crippen molar-refractivity contribution in [2.24, 2.45) is 0 Å². The van der Waals surface area contributed by atoms with E-state index in [0.717, 1.165) is 12.0 Å². The summed E-state index contributed by atoms with van der Waals surface area (Å²) in [4.78, 5) is 11.1. The molecule has 1 aliphatic rings. The quantitative estimate of drug-likeness (QED) is 0.599. The first-order valence-corrected chi connectivity index (χ1v) is 7.58. The second kappa shape index (κ2) is 7.85. The Balaban J connectivity index is 2.16. The molecule has 6 atom stereocenters. The van der Waals surface area contributed by atoms with E-state index in [1.54, 1.807) is 0 Å². The third-order valence-electron chi connectivity index (χ3n) is 3.83. The van der Waals surface area contributed by atoms with E-state index in [9.17, 15) is 20.1 Å². The normalized spacial score (nSPS) is 32.4. The lowest BCUT2D eigenvalue weighted by Gasteiger charge is -2.39. The van der Waals surface area contributed by atoms with Crippen LogP contribution < -0.4 is 0 Å². The van der Waals surface area contributed by atoms with Crippen LogP contribution in [-0.2, 0) is 14.3 Å². The molecule has 128 valence electrons. The predicted octanol–water partition coefficient (Wildman–Crippen LogP) is 0.437. The highest BCUT2D eigenvalue weighted by Crippen LogP contribution is 2.30. The Kier molecular flexibility index (Phi) is 6.09. The third kappa shape index (κ3) is 4.07. The molecule has 0 amide bonds. The van der Waals surface area contributed by atoms with Gasteiger partial charge in [-0.15, -0.1) is 0 Å². The van der Waals surface area contributed by atoms with Gasteiger partial charge in [0.05, 0.1) is 6.10 Å². The van der Waals surface area contributed by atoms with E-state index >= 15 is 0 Å². The first kappa shape index (κ1) is 17.8. The average molecular weight is 326 g/mol. The van der Waals surface area contributed by atoms with Crippen LogP contribution in [0, 0.1) is 0 Å². The second-order valence-electron chi connectivity index (χ2n) is 5.56. The van der Waals surface area contributed by atoms with Crippen LogP contribution in [0.5, 0.6) is 0 Å². The molecule has 0 spiro atoms. The monoisotopic (exact) mass is 326 g/mol. The van der Waals surface area contributed by atoms with Crippen LogP contribution in [0.3, 0.4) is 0 Å². The minimum absolute atomic E-state index is 0.419. The molecule has 4 N–H and O–H groups in total. The molecule has 1 saturated heterocycles. The fourth-order valence-electron chi connectivity index (χ4n) is 2.57. The number of aliphatic hydroxyl groups is 3. The Hall–Kier alpha value is -1.51. The van der Waals surface area contributed by atoms with Crippen LogP contribution in [0.4, 0.5) is 0 Å². The lowest BCUT2D eigenvalue weighted by atomic mass is 9.98. The molecular weight excluding hydrogens is 304 g/mol. The van der Waals surface area contributed by atoms with Gasteiger partial charge in [0.2, 0.25) is 0 Å². The minimum Gasteiger partial charge on any atom is -0.479 e. The Morgan fingerprint density at radius 2 is 1.83 bits per heavy atom. The lowest BCUT2D eigenvalue weighted by molar-refractivity contribution is -0.306. The van der Waals surface area contributed by atoms with Crippen molar-refractivity contribution in [2.75, 3.05) is 0 Å². The van der Waals surface area contributed by atoms with Crippen molar-refractivity contribution in [3.05, 3.63) is 35.9 Å². The van der Waals surface area contributed by atoms with Crippen molar-refractivity contribution < 1.29 is 34.7 Å². The Morgan fingerprint density at radius 1 is 1.17 bits per heavy atom. The highest BCUT2D eigenvalue weighted by Gasteiger charge is 2.48. The SMILES string of the molecule is CCCC(OC1OC(C(=O)O)C(O)C(O)C1O)c1ccccc1. The van der Waals surface area contributed by atoms with Crippen LogP contribution in [0.1, 0.15) is 31.4 Å². The van der Waals surface area contributed by atoms with Gasteiger partial charge in [-0.25, -0.2) is 4.79 Å². The smallest absolute Gasteiger partial charge is 0.335 e. The van der Waals surface area contributed by atoms with Gasteiger partial charge in [-0.2, -0.15) is 0 Å². The molecular formula is C16H22O7. The number of aliphatic carboxylic acids is 1. The lowest BCUT2D eigenvalue weighted by Crippen LogP contribution is -2.60. The number of aliphatic hydroxyl groups excluding tert-OH is 3. The maximum atomic E-state index is 11.1. The Labute approximate surface area is 134 Å². The summed E-state index contributed by atoms with van der Waals surface area (Å²) in [5, 5.41) is 38.6. The van der Waals surface area contributed by atoms with Crippen LogP contribution in [0.25, 0.3) is 0 Å². The van der Waals surface area contributed by atoms with E-state index in [-0.39, 0.29) is 0 Å². The molecule has 0 bridgehead atoms. The summed E-state index contributed by atoms with van der Waals surface area (Å²) >= 11 is 0. The summed E-state index contributed by atoms with van der Waals surface area (Å²) in [6.07, 6.45) is -6.90. The highest BCUT2D eigenvalue weighted by molar-refractivity contribution is 5.73. The van der Waals surface area contributed by atoms with Gasteiger partial charge in [0.15, 0.2) is 12.4 Å². The van der Waals surface area contributed by atoms with E-state index < -0.39 is 42.8 Å². The number of hydrogen-bond acceptors (Lipinski definition) is 6. The molecule has 2 rings (SSSR count). The number of rotatable bonds is 6. The second-order valence-corrected chi connectivity index (χ2v) is 5.56. The predicted molar refractivity (Wildman–Crippen MR) is 79.5 cm³/mol. The van der Waals surface area contributed by atoms with Gasteiger partial charge in [0, 0.05) is 0 Å². The van der Waals surface area contributed by atoms with Crippen LogP contribution in [0.2, 0.25) is 0 Å². The fourth-order valence-corrected chi connectivity index (χ4v) is 2.57. The van der Waals surface area contributed by atoms with Crippen molar-refractivity contribution in [1.29, 1.82) is 0 Å². The van der Waals surface area contributed by atoms with Crippen LogP contribution >= 0.6 is 0 Å². The first-order valence-electron chi connectivity index (χ1n) is 7.58. The molecule has 1 aliphatic heterocycles. The average Bonchev–Trinajstić information content (AvgIpc) is 2.55. The molecule has 0 saturated carbocycles. The molecule has 1 heterocycles. The Bertz CT molecular complexity index is 506. The van der Waals surface area contributed by atoms with Crippen molar-refractivity contribution in [3.8, 4) is 0 Å². The van der Waals surface area contributed by atoms with E-state index in [4.69, 9.17) is 14.6 Å². The van der Waals surface area contributed by atoms with Gasteiger partial charge in [-0.3, -0.25) is 0 Å². The largest absolute Gasteiger partial charge is 0.479 e. The van der Waals surface area contributed by atoms with Gasteiger partial charge in [0.25, 0.3) is 0 Å². The maximum absolute atomic E-state index is 11.1. The fraction of sp³-hybridized carbons (Fsp3) is 0.562. The summed E-state index contributed by atoms with van der Waals surface area (Å²) in [7, 11) is 0. The number of carbonyl (C=O) groups is 1. The summed E-state index contributed by atoms with van der Waals surface area (Å²) in [6.45, 7) is 1.97. The number of carboxylic acids is 1. The number of ether oxygens (including phenoxy) is 2. The van der Waals surface area contributed by atoms with E-state index in [1.807, 2.05) is 37.3 Å². The standard InChI is InChI=1S/C16H22O7/c1-2-6-10(9-7-4-3-5-8-9)22-16-13(19)11(17)12(18)14(23-16)15(20)21/h3-5,7-8,10-14,16-19H,2,6H2,1H3,(H,20,21). The Morgan fingerprint density at radius 3 is 2.39 bits per heavy atom. The molecule has 1 fully saturated rings. The van der Waals surface area contributed by atoms with Gasteiger partial charge in [0.1, 0.15) is 18.3 Å². The van der Waals surface area contributed by atoms with Crippen LogP contribution in [0.15, 0.2) is 30.3 Å². The highest BCUT2D eigenvalue weighted by atomic mass is 16.7. The van der Waals surface area contributed by atoms with Crippen molar-refractivity contribution >= 4 is 5.97 Å². The van der Waals surface area contributed by atoms with E-state index in [0.29, 0.717) is 6.42 Å². The molecule has 0 radical (unpaired) electrons. The number of hydrogen-bond donors (Lipinski definition) is 4. The van der Waals surface area contributed by atoms with Crippen molar-refractivity contribution in [2.45, 2.75) is 56.6 Å². The molecule has 1 aromatic carbocycles. The zero-order valence-electron chi connectivity index (χ0n) is 12.8. The summed E-state index contributed by atoms with van der Waals surface area (Å²) in [6, 6.07) is 9.26. The third-order valence-corrected chi connectivity index (χ3v) is 3.83. The summed E-state index contributed by atoms with van der Waals surface area (Å²) < 4.78 is 10.9. The molecule has 7 nitrogen and oxygen atoms in total. The topological polar surface area (TPSA) is 116 Å². The molecule has 0 aliphatic carbocycles. The van der Waals surface area contributed by atoms with E-state index in [2.05, 4.69) is 0 Å². The maximum Gasteiger partial charge on any atom is 0.335 e. The van der Waals surface area contributed by atoms with Crippen molar-refractivity contribution in [1.82, 2.24) is 0 Å². The van der Waals surface area contributed by atoms with Crippen molar-refractivity contribution in [3.63, 3.8) is 0 Å². The summed E-state index contributed by atoms with van der Waals surface area (Å²) in [5.41, 5.74) is 0.859.